The van der Waals surface area contributed by atoms with Crippen molar-refractivity contribution < 1.29 is 38.8 Å². The van der Waals surface area contributed by atoms with Crippen molar-refractivity contribution in [3.05, 3.63) is 139 Å². The molecule has 10 nitrogen and oxygen atoms in total. The Balaban J connectivity index is 1.16. The van der Waals surface area contributed by atoms with Crippen LogP contribution < -0.4 is 9.47 Å². The number of hydrogen-bond acceptors (Lipinski definition) is 9. The summed E-state index contributed by atoms with van der Waals surface area (Å²) in [4.78, 5) is 23.7. The molecule has 5 aromatic rings. The number of oxime groups is 1. The first-order chi connectivity index (χ1) is 33.0. The highest BCUT2D eigenvalue weighted by Gasteiger charge is 2.66. The zero-order valence-corrected chi connectivity index (χ0v) is 38.5. The van der Waals surface area contributed by atoms with Crippen LogP contribution in [0.25, 0.3) is 21.5 Å². The molecule has 1 saturated heterocycles. The Labute approximate surface area is 394 Å². The van der Waals surface area contributed by atoms with E-state index < -0.39 is 24.0 Å². The zero-order valence-electron chi connectivity index (χ0n) is 38.5. The van der Waals surface area contributed by atoms with Crippen molar-refractivity contribution in [1.82, 2.24) is 4.90 Å². The molecule has 2 N–H and O–H groups in total. The summed E-state index contributed by atoms with van der Waals surface area (Å²) in [6.45, 7) is 5.54. The summed E-state index contributed by atoms with van der Waals surface area (Å²) >= 11 is 0. The van der Waals surface area contributed by atoms with Crippen LogP contribution in [0, 0.1) is 23.7 Å². The van der Waals surface area contributed by atoms with Crippen LogP contribution in [-0.2, 0) is 25.7 Å². The lowest BCUT2D eigenvalue weighted by Gasteiger charge is -2.60. The van der Waals surface area contributed by atoms with E-state index in [-0.39, 0.29) is 49.4 Å². The number of nitrogens with zero attached hydrogens (tertiary/aromatic N) is 2. The summed E-state index contributed by atoms with van der Waals surface area (Å²) in [5.74, 6) is 0.330. The van der Waals surface area contributed by atoms with Crippen molar-refractivity contribution in [3.63, 3.8) is 0 Å². The van der Waals surface area contributed by atoms with Crippen molar-refractivity contribution in [1.29, 1.82) is 0 Å². The fourth-order valence-electron chi connectivity index (χ4n) is 11.5. The van der Waals surface area contributed by atoms with Crippen molar-refractivity contribution in [3.8, 4) is 17.2 Å². The van der Waals surface area contributed by atoms with Crippen LogP contribution >= 0.6 is 0 Å². The van der Waals surface area contributed by atoms with E-state index in [0.717, 1.165) is 107 Å². The van der Waals surface area contributed by atoms with Gasteiger partial charge in [-0.15, -0.1) is 6.58 Å². The van der Waals surface area contributed by atoms with Crippen molar-refractivity contribution >= 4 is 33.2 Å². The SMILES string of the molecule is C=CCO[C@@]12Oc3ccc(Oc4ccc5ccccc5c4)cc3[C@H]3[C@H](CCCCO)[C@@H](CCCCO)C=C(C(=NOC4CCCCO4)C[C@@H]1N(Cc1cccc4ccccc14)C(=O)C1CC1)[C@H]32. The van der Waals surface area contributed by atoms with E-state index in [2.05, 4.69) is 84.3 Å². The maximum Gasteiger partial charge on any atom is 0.239 e. The standard InChI is InChI=1S/C57H64N2O8/c1-2-31-64-57-52(59(56(62)40-23-24-40)37-43-19-13-18-39-15-5-6-20-46(39)43)36-50(58-67-53-22-9-12-32-63-53)48-34-42(17-7-10-29-60)47(21-8-11-30-61)54(55(48)57)49-35-45(27-28-51(49)66-57)65-44-26-25-38-14-3-4-16-41(38)33-44/h2-6,13-16,18-20,25-28,33-35,40,42,47,52-55,60-61H,1,7-12,17,21-24,29-32,36-37H2/t42-,47+,52-,53?,54+,55+,57+/m0/s1. The Morgan fingerprint density at radius 2 is 1.60 bits per heavy atom. The summed E-state index contributed by atoms with van der Waals surface area (Å²) in [5.41, 5.74) is 3.84. The van der Waals surface area contributed by atoms with Gasteiger partial charge in [-0.05, 0) is 126 Å². The highest BCUT2D eigenvalue weighted by atomic mass is 16.8. The first-order valence-electron chi connectivity index (χ1n) is 24.8. The minimum absolute atomic E-state index is 0.0810. The van der Waals surface area contributed by atoms with Crippen LogP contribution in [0.4, 0.5) is 0 Å². The summed E-state index contributed by atoms with van der Waals surface area (Å²) in [5, 5.41) is 29.7. The number of fused-ring (bicyclic) bond motifs is 4. The third-order valence-electron chi connectivity index (χ3n) is 14.8. The summed E-state index contributed by atoms with van der Waals surface area (Å²) in [7, 11) is 0. The third kappa shape index (κ3) is 9.38. The summed E-state index contributed by atoms with van der Waals surface area (Å²) in [6, 6.07) is 34.6. The monoisotopic (exact) mass is 904 g/mol. The van der Waals surface area contributed by atoms with Crippen LogP contribution in [0.5, 0.6) is 17.2 Å². The number of aliphatic hydroxyl groups excluding tert-OH is 2. The average Bonchev–Trinajstić information content (AvgIpc) is 4.22. The maximum atomic E-state index is 15.2. The second-order valence-corrected chi connectivity index (χ2v) is 19.2. The van der Waals surface area contributed by atoms with Gasteiger partial charge in [0.2, 0.25) is 18.0 Å². The smallest absolute Gasteiger partial charge is 0.239 e. The van der Waals surface area contributed by atoms with Crippen LogP contribution in [0.1, 0.15) is 94.1 Å². The molecule has 10 heteroatoms. The molecule has 1 unspecified atom stereocenters. The lowest BCUT2D eigenvalue weighted by molar-refractivity contribution is -0.258. The average molecular weight is 905 g/mol. The van der Waals surface area contributed by atoms with Gasteiger partial charge in [-0.25, -0.2) is 0 Å². The van der Waals surface area contributed by atoms with E-state index in [1.165, 1.54) is 0 Å². The van der Waals surface area contributed by atoms with E-state index in [9.17, 15) is 10.2 Å². The molecule has 67 heavy (non-hydrogen) atoms. The van der Waals surface area contributed by atoms with Gasteiger partial charge in [0.25, 0.3) is 0 Å². The number of benzene rings is 5. The molecular formula is C57H64N2O8. The molecule has 350 valence electrons. The molecule has 1 amide bonds. The van der Waals surface area contributed by atoms with Gasteiger partial charge in [-0.1, -0.05) is 103 Å². The molecule has 2 saturated carbocycles. The van der Waals surface area contributed by atoms with Crippen molar-refractivity contribution in [2.75, 3.05) is 26.4 Å². The van der Waals surface area contributed by atoms with E-state index >= 15 is 4.79 Å². The molecule has 5 aromatic carbocycles. The Kier molecular flexibility index (Phi) is 13.8. The minimum atomic E-state index is -1.36. The molecule has 0 bridgehead atoms. The predicted octanol–water partition coefficient (Wildman–Crippen LogP) is 11.4. The molecule has 0 radical (unpaired) electrons. The molecule has 10 rings (SSSR count). The fraction of sp³-hybridized carbons (Fsp3) is 0.439. The molecule has 3 fully saturated rings. The van der Waals surface area contributed by atoms with Crippen LogP contribution in [0.3, 0.4) is 0 Å². The van der Waals surface area contributed by atoms with Gasteiger partial charge < -0.3 is 38.9 Å². The van der Waals surface area contributed by atoms with Gasteiger partial charge in [0, 0.05) is 50.0 Å². The number of rotatable bonds is 19. The second-order valence-electron chi connectivity index (χ2n) is 19.2. The van der Waals surface area contributed by atoms with Gasteiger partial charge in [0.05, 0.1) is 24.8 Å². The Morgan fingerprint density at radius 3 is 2.39 bits per heavy atom. The number of carbonyl (C=O) groups is 1. The van der Waals surface area contributed by atoms with Crippen molar-refractivity contribution in [2.24, 2.45) is 28.8 Å². The van der Waals surface area contributed by atoms with E-state index in [1.54, 1.807) is 6.08 Å². The Morgan fingerprint density at radius 1 is 0.836 bits per heavy atom. The topological polar surface area (TPSA) is 119 Å². The number of allylic oxidation sites excluding steroid dienone is 1. The molecule has 0 aromatic heterocycles. The van der Waals surface area contributed by atoms with Crippen LogP contribution in [0.2, 0.25) is 0 Å². The third-order valence-corrected chi connectivity index (χ3v) is 14.8. The highest BCUT2D eigenvalue weighted by Crippen LogP contribution is 2.62. The normalized spacial score (nSPS) is 26.0. The molecule has 2 heterocycles. The number of amides is 1. The molecule has 0 spiro atoms. The van der Waals surface area contributed by atoms with E-state index in [0.29, 0.717) is 43.9 Å². The van der Waals surface area contributed by atoms with Gasteiger partial charge >= 0.3 is 0 Å². The molecule has 3 aliphatic carbocycles. The highest BCUT2D eigenvalue weighted by molar-refractivity contribution is 6.03. The number of aliphatic hydroxyl groups is 2. The van der Waals surface area contributed by atoms with Gasteiger partial charge in [-0.2, -0.15) is 0 Å². The Bertz CT molecular complexity index is 2610. The van der Waals surface area contributed by atoms with Crippen LogP contribution in [0.15, 0.2) is 133 Å². The summed E-state index contributed by atoms with van der Waals surface area (Å²) < 4.78 is 27.7. The lowest BCUT2D eigenvalue weighted by Crippen LogP contribution is -2.70. The number of carbonyl (C=O) groups excluding carboxylic acids is 1. The van der Waals surface area contributed by atoms with Gasteiger partial charge in [0.15, 0.2) is 0 Å². The van der Waals surface area contributed by atoms with E-state index in [4.69, 9.17) is 28.9 Å². The number of unbranched alkanes of at least 4 members (excludes halogenated alkanes) is 2. The van der Waals surface area contributed by atoms with Gasteiger partial charge in [0.1, 0.15) is 23.3 Å². The fourth-order valence-corrected chi connectivity index (χ4v) is 11.5. The van der Waals surface area contributed by atoms with Crippen LogP contribution in [-0.4, -0.2) is 71.3 Å². The predicted molar refractivity (Wildman–Crippen MR) is 261 cm³/mol. The lowest BCUT2D eigenvalue weighted by atomic mass is 9.55. The second kappa shape index (κ2) is 20.4. The zero-order chi connectivity index (χ0) is 45.7. The van der Waals surface area contributed by atoms with E-state index in [1.807, 2.05) is 36.4 Å². The molecule has 2 aliphatic heterocycles. The largest absolute Gasteiger partial charge is 0.459 e. The quantitative estimate of drug-likeness (QED) is 0.0478. The van der Waals surface area contributed by atoms with Gasteiger partial charge in [-0.3, -0.25) is 4.79 Å². The molecule has 5 aliphatic rings. The first-order valence-corrected chi connectivity index (χ1v) is 24.8. The Hall–Kier alpha value is -5.52. The summed E-state index contributed by atoms with van der Waals surface area (Å²) in [6.07, 6.45) is 13.2. The molecule has 7 atom stereocenters. The number of ether oxygens (including phenoxy) is 4. The number of hydrogen-bond donors (Lipinski definition) is 2. The first kappa shape index (κ1) is 45.3. The molecular weight excluding hydrogens is 841 g/mol. The minimum Gasteiger partial charge on any atom is -0.459 e. The maximum absolute atomic E-state index is 15.2. The van der Waals surface area contributed by atoms with Crippen molar-refractivity contribution in [2.45, 2.75) is 108 Å².